The average Bonchev–Trinajstić information content (AvgIpc) is 3.10. The van der Waals surface area contributed by atoms with Gasteiger partial charge in [-0.15, -0.1) is 11.8 Å². The van der Waals surface area contributed by atoms with Crippen molar-refractivity contribution in [3.8, 4) is 5.75 Å². The van der Waals surface area contributed by atoms with Crippen LogP contribution >= 0.6 is 35.0 Å². The highest BCUT2D eigenvalue weighted by Gasteiger charge is 2.23. The van der Waals surface area contributed by atoms with Crippen molar-refractivity contribution in [3.63, 3.8) is 0 Å². The van der Waals surface area contributed by atoms with Crippen LogP contribution in [0.4, 0.5) is 11.4 Å². The van der Waals surface area contributed by atoms with E-state index in [1.165, 1.54) is 17.8 Å². The second kappa shape index (κ2) is 16.7. The summed E-state index contributed by atoms with van der Waals surface area (Å²) in [6, 6.07) is 37.3. The standard InChI is InChI=1S/C38H31Cl2N3O4S/c1-2-47-29-20-16-27(17-21-29)42-38(46)35(25-10-5-3-6-11-25)48-30-22-18-28(19-23-30)41-37(45)34(24-31-32(39)14-9-15-33(31)40)43-36(44)26-12-7-4-8-13-26/h3-24,35H,2H2,1H3,(H,41,45)(H,42,46)(H,43,44)/b34-24-. The van der Waals surface area contributed by atoms with Crippen molar-refractivity contribution in [2.24, 2.45) is 0 Å². The van der Waals surface area contributed by atoms with E-state index >= 15 is 0 Å². The molecule has 0 aliphatic heterocycles. The Kier molecular flexibility index (Phi) is 11.9. The van der Waals surface area contributed by atoms with E-state index in [0.717, 1.165) is 16.2 Å². The number of carbonyl (C=O) groups excluding carboxylic acids is 3. The van der Waals surface area contributed by atoms with Crippen LogP contribution in [0.15, 0.2) is 138 Å². The van der Waals surface area contributed by atoms with Crippen LogP contribution in [-0.4, -0.2) is 24.3 Å². The molecule has 0 aromatic heterocycles. The highest BCUT2D eigenvalue weighted by molar-refractivity contribution is 8.00. The molecule has 1 unspecified atom stereocenters. The second-order valence-electron chi connectivity index (χ2n) is 10.3. The van der Waals surface area contributed by atoms with Crippen molar-refractivity contribution in [3.05, 3.63) is 160 Å². The van der Waals surface area contributed by atoms with Crippen LogP contribution in [0.25, 0.3) is 6.08 Å². The summed E-state index contributed by atoms with van der Waals surface area (Å²) in [5, 5.41) is 8.62. The summed E-state index contributed by atoms with van der Waals surface area (Å²) in [6.07, 6.45) is 1.44. The Balaban J connectivity index is 1.33. The van der Waals surface area contributed by atoms with E-state index in [1.54, 1.807) is 72.8 Å². The van der Waals surface area contributed by atoms with Gasteiger partial charge in [0.2, 0.25) is 5.91 Å². The highest BCUT2D eigenvalue weighted by Crippen LogP contribution is 2.37. The molecule has 0 fully saturated rings. The largest absolute Gasteiger partial charge is 0.494 e. The van der Waals surface area contributed by atoms with E-state index in [0.29, 0.717) is 39.2 Å². The van der Waals surface area contributed by atoms with Crippen LogP contribution in [0.3, 0.4) is 0 Å². The summed E-state index contributed by atoms with van der Waals surface area (Å²) in [6.45, 7) is 2.47. The number of benzene rings is 5. The molecule has 0 radical (unpaired) electrons. The number of hydrogen-bond acceptors (Lipinski definition) is 5. The summed E-state index contributed by atoms with van der Waals surface area (Å²) in [5.41, 5.74) is 2.69. The molecule has 0 aliphatic carbocycles. The van der Waals surface area contributed by atoms with Gasteiger partial charge in [-0.05, 0) is 91.4 Å². The molecule has 0 bridgehead atoms. The Bertz CT molecular complexity index is 1880. The topological polar surface area (TPSA) is 96.5 Å². The molecule has 0 saturated carbocycles. The Morgan fingerprint density at radius 1 is 0.729 bits per heavy atom. The van der Waals surface area contributed by atoms with Crippen LogP contribution < -0.4 is 20.7 Å². The van der Waals surface area contributed by atoms with Gasteiger partial charge in [0.1, 0.15) is 16.7 Å². The quantitative estimate of drug-likeness (QED) is 0.0893. The number of thioether (sulfide) groups is 1. The molecule has 48 heavy (non-hydrogen) atoms. The van der Waals surface area contributed by atoms with Crippen LogP contribution in [0.5, 0.6) is 5.75 Å². The molecule has 5 rings (SSSR count). The molecule has 0 heterocycles. The van der Waals surface area contributed by atoms with Crippen molar-refractivity contribution < 1.29 is 19.1 Å². The zero-order valence-corrected chi connectivity index (χ0v) is 28.1. The molecular formula is C38H31Cl2N3O4S. The van der Waals surface area contributed by atoms with E-state index in [2.05, 4.69) is 16.0 Å². The summed E-state index contributed by atoms with van der Waals surface area (Å²) >= 11 is 14.1. The van der Waals surface area contributed by atoms with Gasteiger partial charge in [-0.2, -0.15) is 0 Å². The number of ether oxygens (including phenoxy) is 1. The summed E-state index contributed by atoms with van der Waals surface area (Å²) in [4.78, 5) is 40.9. The van der Waals surface area contributed by atoms with Crippen molar-refractivity contribution >= 4 is 70.1 Å². The van der Waals surface area contributed by atoms with Crippen molar-refractivity contribution in [2.45, 2.75) is 17.1 Å². The Morgan fingerprint density at radius 3 is 1.94 bits per heavy atom. The van der Waals surface area contributed by atoms with Crippen molar-refractivity contribution in [1.29, 1.82) is 0 Å². The van der Waals surface area contributed by atoms with E-state index in [1.807, 2.05) is 61.5 Å². The second-order valence-corrected chi connectivity index (χ2v) is 12.3. The summed E-state index contributed by atoms with van der Waals surface area (Å²) in [7, 11) is 0. The first-order valence-electron chi connectivity index (χ1n) is 15.0. The first kappa shape index (κ1) is 34.3. The van der Waals surface area contributed by atoms with Gasteiger partial charge in [0, 0.05) is 37.4 Å². The molecule has 3 N–H and O–H groups in total. The minimum atomic E-state index is -0.576. The smallest absolute Gasteiger partial charge is 0.272 e. The molecule has 5 aromatic carbocycles. The Morgan fingerprint density at radius 2 is 1.31 bits per heavy atom. The van der Waals surface area contributed by atoms with Crippen LogP contribution in [0, 0.1) is 0 Å². The average molecular weight is 697 g/mol. The Labute approximate surface area is 293 Å². The maximum Gasteiger partial charge on any atom is 0.272 e. The van der Waals surface area contributed by atoms with Crippen molar-refractivity contribution in [2.75, 3.05) is 17.2 Å². The third kappa shape index (κ3) is 9.29. The van der Waals surface area contributed by atoms with Crippen LogP contribution in [-0.2, 0) is 9.59 Å². The van der Waals surface area contributed by atoms with E-state index in [9.17, 15) is 14.4 Å². The molecule has 1 atom stereocenters. The van der Waals surface area contributed by atoms with Crippen LogP contribution in [0.1, 0.15) is 33.7 Å². The zero-order chi connectivity index (χ0) is 33.9. The van der Waals surface area contributed by atoms with Crippen LogP contribution in [0.2, 0.25) is 10.0 Å². The molecule has 242 valence electrons. The molecule has 10 heteroatoms. The third-order valence-corrected chi connectivity index (χ3v) is 8.88. The Hall–Kier alpha value is -5.02. The first-order valence-corrected chi connectivity index (χ1v) is 16.6. The zero-order valence-electron chi connectivity index (χ0n) is 25.8. The minimum absolute atomic E-state index is 0.0487. The fourth-order valence-corrected chi connectivity index (χ4v) is 6.13. The number of rotatable bonds is 12. The summed E-state index contributed by atoms with van der Waals surface area (Å²) < 4.78 is 5.50. The lowest BCUT2D eigenvalue weighted by atomic mass is 10.1. The predicted molar refractivity (Wildman–Crippen MR) is 195 cm³/mol. The maximum absolute atomic E-state index is 13.5. The lowest BCUT2D eigenvalue weighted by Crippen LogP contribution is -2.30. The molecule has 5 aromatic rings. The summed E-state index contributed by atoms with van der Waals surface area (Å²) in [5.74, 6) is -0.504. The molecular weight excluding hydrogens is 665 g/mol. The first-order chi connectivity index (χ1) is 23.3. The monoisotopic (exact) mass is 695 g/mol. The predicted octanol–water partition coefficient (Wildman–Crippen LogP) is 9.27. The number of nitrogens with one attached hydrogen (secondary N) is 3. The van der Waals surface area contributed by atoms with Gasteiger partial charge in [0.25, 0.3) is 11.8 Å². The molecule has 0 aliphatic rings. The normalized spacial score (nSPS) is 11.7. The van der Waals surface area contributed by atoms with Gasteiger partial charge >= 0.3 is 0 Å². The maximum atomic E-state index is 13.5. The SMILES string of the molecule is CCOc1ccc(NC(=O)C(Sc2ccc(NC(=O)/C(=C/c3c(Cl)cccc3Cl)NC(=O)c3ccccc3)cc2)c2ccccc2)cc1. The molecule has 7 nitrogen and oxygen atoms in total. The van der Waals surface area contributed by atoms with Gasteiger partial charge in [0.15, 0.2) is 0 Å². The minimum Gasteiger partial charge on any atom is -0.494 e. The fraction of sp³-hybridized carbons (Fsp3) is 0.0789. The van der Waals surface area contributed by atoms with Gasteiger partial charge in [0.05, 0.1) is 6.61 Å². The number of hydrogen-bond donors (Lipinski definition) is 3. The number of halogens is 2. The highest BCUT2D eigenvalue weighted by atomic mass is 35.5. The number of amides is 3. The molecule has 0 saturated heterocycles. The van der Waals surface area contributed by atoms with Gasteiger partial charge in [-0.1, -0.05) is 77.8 Å². The van der Waals surface area contributed by atoms with Gasteiger partial charge < -0.3 is 20.7 Å². The van der Waals surface area contributed by atoms with Gasteiger partial charge in [-0.25, -0.2) is 0 Å². The lowest BCUT2D eigenvalue weighted by molar-refractivity contribution is -0.116. The fourth-order valence-electron chi connectivity index (χ4n) is 4.60. The van der Waals surface area contributed by atoms with E-state index < -0.39 is 17.1 Å². The van der Waals surface area contributed by atoms with Crippen molar-refractivity contribution in [1.82, 2.24) is 5.32 Å². The third-order valence-electron chi connectivity index (χ3n) is 6.96. The number of anilines is 2. The van der Waals surface area contributed by atoms with Gasteiger partial charge in [-0.3, -0.25) is 14.4 Å². The molecule has 3 amide bonds. The van der Waals surface area contributed by atoms with E-state index in [4.69, 9.17) is 27.9 Å². The van der Waals surface area contributed by atoms with E-state index in [-0.39, 0.29) is 11.6 Å². The molecule has 0 spiro atoms. The number of carbonyl (C=O) groups is 3. The lowest BCUT2D eigenvalue weighted by Gasteiger charge is -2.18.